The van der Waals surface area contributed by atoms with Crippen molar-refractivity contribution in [2.75, 3.05) is 6.61 Å². The van der Waals surface area contributed by atoms with Gasteiger partial charge in [-0.3, -0.25) is 4.79 Å². The van der Waals surface area contributed by atoms with Gasteiger partial charge < -0.3 is 4.74 Å². The molecular weight excluding hydrogens is 345 g/mol. The number of carbonyl (C=O) groups is 1. The molecule has 7 heteroatoms. The number of ether oxygens (including phenoxy) is 1. The van der Waals surface area contributed by atoms with E-state index in [0.29, 0.717) is 6.61 Å². The molecule has 0 amide bonds. The van der Waals surface area contributed by atoms with E-state index in [9.17, 15) is 18.0 Å². The Morgan fingerprint density at radius 2 is 2.11 bits per heavy atom. The number of ketones is 1. The number of benzene rings is 1. The van der Waals surface area contributed by atoms with E-state index in [0.717, 1.165) is 0 Å². The van der Waals surface area contributed by atoms with Gasteiger partial charge in [-0.05, 0) is 37.7 Å². The van der Waals surface area contributed by atoms with E-state index >= 15 is 0 Å². The first-order valence-corrected chi connectivity index (χ1v) is 7.15. The molecule has 1 unspecified atom stereocenters. The molecule has 0 bridgehead atoms. The normalized spacial score (nSPS) is 13.2. The predicted molar refractivity (Wildman–Crippen MR) is 71.9 cm³/mol. The number of hydrogen-bond acceptors (Lipinski definition) is 3. The fourth-order valence-corrected chi connectivity index (χ4v) is 2.82. The number of carbonyl (C=O) groups excluding carboxylic acids is 1. The maximum atomic E-state index is 12.5. The maximum absolute atomic E-state index is 12.5. The minimum Gasteiger partial charge on any atom is -0.493 e. The standard InChI is InChI=1S/C12H12BrF3O2S/c1-3-18-8-5-4-6-9(19-12(14,15)16)10(8)11(13)7(2)17/h4-6,11H,3H2,1-2H3. The summed E-state index contributed by atoms with van der Waals surface area (Å²) in [6.45, 7) is 3.35. The number of thioether (sulfide) groups is 1. The zero-order chi connectivity index (χ0) is 14.6. The highest BCUT2D eigenvalue weighted by Gasteiger charge is 2.33. The van der Waals surface area contributed by atoms with Gasteiger partial charge in [0.25, 0.3) is 0 Å². The van der Waals surface area contributed by atoms with Crippen molar-refractivity contribution in [3.63, 3.8) is 0 Å². The van der Waals surface area contributed by atoms with Crippen molar-refractivity contribution in [2.24, 2.45) is 0 Å². The van der Waals surface area contributed by atoms with Gasteiger partial charge in [0.15, 0.2) is 0 Å². The second-order valence-electron chi connectivity index (χ2n) is 3.62. The van der Waals surface area contributed by atoms with Crippen LogP contribution in [-0.4, -0.2) is 17.9 Å². The van der Waals surface area contributed by atoms with Crippen LogP contribution >= 0.6 is 27.7 Å². The first-order valence-electron chi connectivity index (χ1n) is 5.42. The highest BCUT2D eigenvalue weighted by molar-refractivity contribution is 9.09. The summed E-state index contributed by atoms with van der Waals surface area (Å²) >= 11 is 2.87. The van der Waals surface area contributed by atoms with Crippen LogP contribution in [0.1, 0.15) is 24.2 Å². The zero-order valence-corrected chi connectivity index (χ0v) is 12.7. The van der Waals surface area contributed by atoms with Crippen molar-refractivity contribution in [1.82, 2.24) is 0 Å². The summed E-state index contributed by atoms with van der Waals surface area (Å²) < 4.78 is 42.9. The Kier molecular flexibility index (Phi) is 5.73. The van der Waals surface area contributed by atoms with Crippen molar-refractivity contribution < 1.29 is 22.7 Å². The molecule has 0 saturated heterocycles. The van der Waals surface area contributed by atoms with E-state index in [1.54, 1.807) is 13.0 Å². The molecule has 106 valence electrons. The highest BCUT2D eigenvalue weighted by Crippen LogP contribution is 2.45. The third kappa shape index (κ3) is 4.72. The van der Waals surface area contributed by atoms with Crippen molar-refractivity contribution in [1.29, 1.82) is 0 Å². The van der Waals surface area contributed by atoms with Crippen LogP contribution in [0.25, 0.3) is 0 Å². The molecule has 1 atom stereocenters. The molecular formula is C12H12BrF3O2S. The highest BCUT2D eigenvalue weighted by atomic mass is 79.9. The van der Waals surface area contributed by atoms with Gasteiger partial charge in [0.05, 0.1) is 6.61 Å². The topological polar surface area (TPSA) is 26.3 Å². The van der Waals surface area contributed by atoms with E-state index in [-0.39, 0.29) is 33.8 Å². The zero-order valence-electron chi connectivity index (χ0n) is 10.3. The summed E-state index contributed by atoms with van der Waals surface area (Å²) in [5.74, 6) is 0.00463. The lowest BCUT2D eigenvalue weighted by molar-refractivity contribution is -0.116. The molecule has 0 spiro atoms. The monoisotopic (exact) mass is 356 g/mol. The molecule has 0 N–H and O–H groups in total. The van der Waals surface area contributed by atoms with E-state index in [4.69, 9.17) is 4.74 Å². The fraction of sp³-hybridized carbons (Fsp3) is 0.417. The van der Waals surface area contributed by atoms with Crippen molar-refractivity contribution in [3.8, 4) is 5.75 Å². The van der Waals surface area contributed by atoms with Gasteiger partial charge >= 0.3 is 5.51 Å². The first kappa shape index (κ1) is 16.4. The van der Waals surface area contributed by atoms with Gasteiger partial charge in [-0.1, -0.05) is 22.0 Å². The minimum atomic E-state index is -4.41. The first-order chi connectivity index (χ1) is 8.76. The van der Waals surface area contributed by atoms with Crippen LogP contribution in [0.4, 0.5) is 13.2 Å². The number of Topliss-reactive ketones (excluding diaryl/α,β-unsaturated/α-hetero) is 1. The number of rotatable bonds is 5. The SMILES string of the molecule is CCOc1cccc(SC(F)(F)F)c1C(Br)C(C)=O. The van der Waals surface area contributed by atoms with Crippen LogP contribution in [0.2, 0.25) is 0 Å². The fourth-order valence-electron chi connectivity index (χ4n) is 1.47. The smallest absolute Gasteiger partial charge is 0.446 e. The molecule has 1 rings (SSSR count). The van der Waals surface area contributed by atoms with E-state index in [1.165, 1.54) is 19.1 Å². The summed E-state index contributed by atoms with van der Waals surface area (Å²) in [6.07, 6.45) is 0. The molecule has 0 fully saturated rings. The predicted octanol–water partition coefficient (Wildman–Crippen LogP) is 4.72. The molecule has 0 saturated carbocycles. The molecule has 0 aliphatic rings. The van der Waals surface area contributed by atoms with Crippen molar-refractivity contribution >= 4 is 33.5 Å². The van der Waals surface area contributed by atoms with Crippen molar-refractivity contribution in [2.45, 2.75) is 29.1 Å². The maximum Gasteiger partial charge on any atom is 0.446 e. The van der Waals surface area contributed by atoms with Crippen LogP contribution in [0.5, 0.6) is 5.75 Å². The third-order valence-electron chi connectivity index (χ3n) is 2.16. The van der Waals surface area contributed by atoms with E-state index in [2.05, 4.69) is 15.9 Å². The van der Waals surface area contributed by atoms with Gasteiger partial charge in [-0.25, -0.2) is 0 Å². The van der Waals surface area contributed by atoms with E-state index < -0.39 is 10.3 Å². The molecule has 1 aromatic carbocycles. The third-order valence-corrected chi connectivity index (χ3v) is 4.07. The molecule has 0 aliphatic carbocycles. The lowest BCUT2D eigenvalue weighted by Gasteiger charge is -2.18. The number of hydrogen-bond donors (Lipinski definition) is 0. The molecule has 19 heavy (non-hydrogen) atoms. The van der Waals surface area contributed by atoms with Crippen LogP contribution in [0.3, 0.4) is 0 Å². The lowest BCUT2D eigenvalue weighted by Crippen LogP contribution is -2.08. The lowest BCUT2D eigenvalue weighted by atomic mass is 10.1. The summed E-state index contributed by atoms with van der Waals surface area (Å²) in [7, 11) is 0. The Morgan fingerprint density at radius 3 is 2.58 bits per heavy atom. The molecule has 0 heterocycles. The Balaban J connectivity index is 3.29. The Bertz CT molecular complexity index is 463. The van der Waals surface area contributed by atoms with Gasteiger partial charge in [0, 0.05) is 10.5 Å². The van der Waals surface area contributed by atoms with Crippen molar-refractivity contribution in [3.05, 3.63) is 23.8 Å². The molecule has 2 nitrogen and oxygen atoms in total. The Hall–Kier alpha value is -0.690. The second kappa shape index (κ2) is 6.65. The second-order valence-corrected chi connectivity index (χ2v) is 5.64. The molecule has 1 aromatic rings. The minimum absolute atomic E-state index is 0.0319. The average Bonchev–Trinajstić information content (AvgIpc) is 2.26. The number of alkyl halides is 4. The van der Waals surface area contributed by atoms with Gasteiger partial charge in [0.1, 0.15) is 16.4 Å². The van der Waals surface area contributed by atoms with Gasteiger partial charge in [-0.2, -0.15) is 13.2 Å². The van der Waals surface area contributed by atoms with Crippen LogP contribution in [0.15, 0.2) is 23.1 Å². The Labute approximate surface area is 121 Å². The summed E-state index contributed by atoms with van der Waals surface area (Å²) in [4.78, 5) is 10.6. The van der Waals surface area contributed by atoms with Crippen LogP contribution < -0.4 is 4.74 Å². The largest absolute Gasteiger partial charge is 0.493 e. The average molecular weight is 357 g/mol. The summed E-state index contributed by atoms with van der Waals surface area (Å²) in [5.41, 5.74) is -4.19. The summed E-state index contributed by atoms with van der Waals surface area (Å²) in [5, 5.41) is 0. The van der Waals surface area contributed by atoms with Crippen LogP contribution in [-0.2, 0) is 4.79 Å². The van der Waals surface area contributed by atoms with Crippen LogP contribution in [0, 0.1) is 0 Å². The van der Waals surface area contributed by atoms with Gasteiger partial charge in [0.2, 0.25) is 0 Å². The number of halogens is 4. The molecule has 0 aliphatic heterocycles. The summed E-state index contributed by atoms with van der Waals surface area (Å²) in [6, 6.07) is 4.35. The quantitative estimate of drug-likeness (QED) is 0.563. The Morgan fingerprint density at radius 1 is 1.47 bits per heavy atom. The van der Waals surface area contributed by atoms with Gasteiger partial charge in [-0.15, -0.1) is 0 Å². The van der Waals surface area contributed by atoms with E-state index in [1.807, 2.05) is 0 Å². The molecule has 0 radical (unpaired) electrons. The molecule has 0 aromatic heterocycles.